The fourth-order valence-corrected chi connectivity index (χ4v) is 3.15. The Morgan fingerprint density at radius 1 is 1.11 bits per heavy atom. The lowest BCUT2D eigenvalue weighted by molar-refractivity contribution is 0.297. The molecule has 0 spiro atoms. The van der Waals surface area contributed by atoms with Gasteiger partial charge in [0.1, 0.15) is 12.4 Å². The van der Waals surface area contributed by atoms with Gasteiger partial charge in [-0.25, -0.2) is 21.9 Å². The van der Waals surface area contributed by atoms with Crippen molar-refractivity contribution in [1.82, 2.24) is 10.0 Å². The van der Waals surface area contributed by atoms with E-state index in [1.165, 1.54) is 6.07 Å². The summed E-state index contributed by atoms with van der Waals surface area (Å²) in [6.07, 6.45) is 1.13. The van der Waals surface area contributed by atoms with Gasteiger partial charge in [0.15, 0.2) is 11.6 Å². The SMILES string of the molecule is C[C@@H](NS(C)(=O)=O)c1ccc(CNCCOc2ccc(F)cc2F)cc1.Cl. The second-order valence-electron chi connectivity index (χ2n) is 5.95. The Hall–Kier alpha value is -1.74. The minimum atomic E-state index is -3.25. The predicted octanol–water partition coefficient (Wildman–Crippen LogP) is 3.17. The Kier molecular flexibility index (Phi) is 9.11. The zero-order valence-corrected chi connectivity index (χ0v) is 16.7. The standard InChI is InChI=1S/C18H22F2N2O3S.ClH/c1-13(22-26(2,23)24)15-5-3-14(4-6-15)12-21-9-10-25-18-8-7-16(19)11-17(18)20;/h3-8,11,13,21-22H,9-10,12H2,1-2H3;1H/t13-;/m1./s1. The minimum Gasteiger partial charge on any atom is -0.489 e. The Labute approximate surface area is 164 Å². The van der Waals surface area contributed by atoms with Gasteiger partial charge in [0.25, 0.3) is 0 Å². The summed E-state index contributed by atoms with van der Waals surface area (Å²) in [5, 5.41) is 3.16. The number of rotatable bonds is 9. The van der Waals surface area contributed by atoms with Gasteiger partial charge in [-0.3, -0.25) is 0 Å². The maximum Gasteiger partial charge on any atom is 0.209 e. The fraction of sp³-hybridized carbons (Fsp3) is 0.333. The van der Waals surface area contributed by atoms with Gasteiger partial charge in [0.05, 0.1) is 6.26 Å². The van der Waals surface area contributed by atoms with Gasteiger partial charge < -0.3 is 10.1 Å². The Bertz CT molecular complexity index is 833. The second kappa shape index (κ2) is 10.6. The smallest absolute Gasteiger partial charge is 0.209 e. The van der Waals surface area contributed by atoms with Crippen molar-refractivity contribution in [3.8, 4) is 5.75 Å². The van der Waals surface area contributed by atoms with Crippen LogP contribution in [-0.4, -0.2) is 27.8 Å². The first kappa shape index (κ1) is 23.3. The molecule has 2 rings (SSSR count). The molecule has 1 atom stereocenters. The molecule has 27 heavy (non-hydrogen) atoms. The van der Waals surface area contributed by atoms with E-state index in [2.05, 4.69) is 10.0 Å². The number of hydrogen-bond acceptors (Lipinski definition) is 4. The zero-order valence-electron chi connectivity index (χ0n) is 15.0. The van der Waals surface area contributed by atoms with Crippen LogP contribution in [0.5, 0.6) is 5.75 Å². The van der Waals surface area contributed by atoms with Crippen molar-refractivity contribution in [3.63, 3.8) is 0 Å². The molecule has 9 heteroatoms. The summed E-state index contributed by atoms with van der Waals surface area (Å²) in [4.78, 5) is 0. The Balaban J connectivity index is 0.00000364. The van der Waals surface area contributed by atoms with E-state index < -0.39 is 21.7 Å². The fourth-order valence-electron chi connectivity index (χ4n) is 2.37. The molecule has 0 aliphatic rings. The van der Waals surface area contributed by atoms with Crippen LogP contribution in [0, 0.1) is 11.6 Å². The van der Waals surface area contributed by atoms with Crippen molar-refractivity contribution in [2.45, 2.75) is 19.5 Å². The first-order valence-corrected chi connectivity index (χ1v) is 9.98. The first-order valence-electron chi connectivity index (χ1n) is 8.09. The Morgan fingerprint density at radius 2 is 1.78 bits per heavy atom. The maximum atomic E-state index is 13.4. The average Bonchev–Trinajstić information content (AvgIpc) is 2.55. The third kappa shape index (κ3) is 8.21. The van der Waals surface area contributed by atoms with Crippen molar-refractivity contribution < 1.29 is 21.9 Å². The number of halogens is 3. The van der Waals surface area contributed by atoms with Gasteiger partial charge in [-0.15, -0.1) is 12.4 Å². The van der Waals surface area contributed by atoms with E-state index in [-0.39, 0.29) is 30.8 Å². The lowest BCUT2D eigenvalue weighted by Crippen LogP contribution is -2.25. The van der Waals surface area contributed by atoms with Crippen LogP contribution in [0.25, 0.3) is 0 Å². The van der Waals surface area contributed by atoms with Gasteiger partial charge in [0.2, 0.25) is 10.0 Å². The highest BCUT2D eigenvalue weighted by Gasteiger charge is 2.10. The quantitative estimate of drug-likeness (QED) is 0.611. The van der Waals surface area contributed by atoms with Crippen LogP contribution in [0.3, 0.4) is 0 Å². The topological polar surface area (TPSA) is 67.4 Å². The highest BCUT2D eigenvalue weighted by atomic mass is 35.5. The molecule has 0 saturated heterocycles. The predicted molar refractivity (Wildman–Crippen MR) is 104 cm³/mol. The van der Waals surface area contributed by atoms with E-state index in [1.807, 2.05) is 24.3 Å². The van der Waals surface area contributed by atoms with Gasteiger partial charge in [-0.1, -0.05) is 24.3 Å². The summed E-state index contributed by atoms with van der Waals surface area (Å²) in [6.45, 7) is 3.10. The summed E-state index contributed by atoms with van der Waals surface area (Å²) in [5.74, 6) is -1.35. The molecule has 5 nitrogen and oxygen atoms in total. The molecule has 0 aliphatic heterocycles. The molecule has 0 amide bonds. The number of nitrogens with one attached hydrogen (secondary N) is 2. The van der Waals surface area contributed by atoms with Crippen LogP contribution in [-0.2, 0) is 16.6 Å². The Morgan fingerprint density at radius 3 is 2.37 bits per heavy atom. The molecule has 2 aromatic rings. The number of hydrogen-bond donors (Lipinski definition) is 2. The van der Waals surface area contributed by atoms with Crippen LogP contribution in [0.4, 0.5) is 8.78 Å². The van der Waals surface area contributed by atoms with Crippen molar-refractivity contribution in [1.29, 1.82) is 0 Å². The van der Waals surface area contributed by atoms with Gasteiger partial charge >= 0.3 is 0 Å². The van der Waals surface area contributed by atoms with E-state index in [9.17, 15) is 17.2 Å². The molecule has 0 saturated carbocycles. The molecule has 0 heterocycles. The third-order valence-electron chi connectivity index (χ3n) is 3.63. The van der Waals surface area contributed by atoms with Crippen molar-refractivity contribution in [3.05, 3.63) is 65.2 Å². The minimum absolute atomic E-state index is 0. The first-order chi connectivity index (χ1) is 12.2. The summed E-state index contributed by atoms with van der Waals surface area (Å²) in [7, 11) is -3.25. The molecule has 0 bridgehead atoms. The summed E-state index contributed by atoms with van der Waals surface area (Å²) < 4.78 is 56.5. The lowest BCUT2D eigenvalue weighted by Gasteiger charge is -2.13. The van der Waals surface area contributed by atoms with E-state index in [0.717, 1.165) is 29.5 Å². The summed E-state index contributed by atoms with van der Waals surface area (Å²) >= 11 is 0. The molecule has 2 aromatic carbocycles. The zero-order chi connectivity index (χ0) is 19.2. The number of benzene rings is 2. The molecule has 0 aromatic heterocycles. The van der Waals surface area contributed by atoms with Crippen LogP contribution >= 0.6 is 12.4 Å². The van der Waals surface area contributed by atoms with Crippen LogP contribution in [0.2, 0.25) is 0 Å². The summed E-state index contributed by atoms with van der Waals surface area (Å²) in [6, 6.07) is 10.4. The summed E-state index contributed by atoms with van der Waals surface area (Å²) in [5.41, 5.74) is 1.89. The van der Waals surface area contributed by atoms with Crippen LogP contribution < -0.4 is 14.8 Å². The normalized spacial score (nSPS) is 12.3. The molecule has 0 unspecified atom stereocenters. The molecular formula is C18H23ClF2N2O3S. The highest BCUT2D eigenvalue weighted by Crippen LogP contribution is 2.17. The largest absolute Gasteiger partial charge is 0.489 e. The molecule has 0 fully saturated rings. The van der Waals surface area contributed by atoms with Gasteiger partial charge in [-0.2, -0.15) is 0 Å². The monoisotopic (exact) mass is 420 g/mol. The number of sulfonamides is 1. The lowest BCUT2D eigenvalue weighted by atomic mass is 10.1. The molecular weight excluding hydrogens is 398 g/mol. The van der Waals surface area contributed by atoms with Crippen molar-refractivity contribution >= 4 is 22.4 Å². The van der Waals surface area contributed by atoms with Crippen molar-refractivity contribution in [2.75, 3.05) is 19.4 Å². The van der Waals surface area contributed by atoms with E-state index in [4.69, 9.17) is 4.74 Å². The average molecular weight is 421 g/mol. The van der Waals surface area contributed by atoms with Crippen molar-refractivity contribution in [2.24, 2.45) is 0 Å². The third-order valence-corrected chi connectivity index (χ3v) is 4.41. The van der Waals surface area contributed by atoms with Crippen LogP contribution in [0.15, 0.2) is 42.5 Å². The molecule has 0 radical (unpaired) electrons. The molecule has 0 aliphatic carbocycles. The van der Waals surface area contributed by atoms with E-state index >= 15 is 0 Å². The molecule has 2 N–H and O–H groups in total. The van der Waals surface area contributed by atoms with E-state index in [1.54, 1.807) is 6.92 Å². The van der Waals surface area contributed by atoms with Gasteiger partial charge in [-0.05, 0) is 30.2 Å². The van der Waals surface area contributed by atoms with Gasteiger partial charge in [0, 0.05) is 25.2 Å². The molecule has 150 valence electrons. The highest BCUT2D eigenvalue weighted by molar-refractivity contribution is 7.88. The number of ether oxygens (including phenoxy) is 1. The maximum absolute atomic E-state index is 13.4. The second-order valence-corrected chi connectivity index (χ2v) is 7.73. The van der Waals surface area contributed by atoms with Crippen LogP contribution in [0.1, 0.15) is 24.1 Å². The van der Waals surface area contributed by atoms with E-state index in [0.29, 0.717) is 13.1 Å².